The molecule has 0 aliphatic heterocycles. The van der Waals surface area contributed by atoms with E-state index in [1.807, 2.05) is 13.8 Å². The van der Waals surface area contributed by atoms with E-state index in [1.54, 1.807) is 23.0 Å². The lowest BCUT2D eigenvalue weighted by Crippen LogP contribution is -2.46. The van der Waals surface area contributed by atoms with Crippen molar-refractivity contribution in [2.45, 2.75) is 102 Å². The zero-order valence-electron chi connectivity index (χ0n) is 24.6. The third-order valence-electron chi connectivity index (χ3n) is 8.47. The fourth-order valence-electron chi connectivity index (χ4n) is 5.72. The minimum absolute atomic E-state index is 0.0183. The van der Waals surface area contributed by atoms with Crippen LogP contribution in [0.5, 0.6) is 0 Å². The molecule has 1 unspecified atom stereocenters. The molecule has 0 spiro atoms. The molecular formula is C29H36F5N7O3. The van der Waals surface area contributed by atoms with Gasteiger partial charge in [-0.3, -0.25) is 14.3 Å². The molecule has 15 heteroatoms. The van der Waals surface area contributed by atoms with Crippen LogP contribution in [0.4, 0.5) is 22.0 Å². The van der Waals surface area contributed by atoms with E-state index >= 15 is 0 Å². The zero-order valence-corrected chi connectivity index (χ0v) is 24.6. The molecule has 3 aromatic heterocycles. The van der Waals surface area contributed by atoms with Crippen molar-refractivity contribution in [3.05, 3.63) is 47.7 Å². The Kier molecular flexibility index (Phi) is 8.46. The Morgan fingerprint density at radius 2 is 1.73 bits per heavy atom. The lowest BCUT2D eigenvalue weighted by atomic mass is 9.81. The van der Waals surface area contributed by atoms with Crippen LogP contribution in [-0.4, -0.2) is 59.0 Å². The Morgan fingerprint density at radius 3 is 2.34 bits per heavy atom. The van der Waals surface area contributed by atoms with E-state index in [4.69, 9.17) is 0 Å². The standard InChI is InChI=1S/C29H36F5N7O3/c1-16(2)41-21(8-11-35-41)26(43)39-25(18-6-9-28(30,31)10-7-18)20-15-40-22(37-20)12-19(14-36-40)24(17-4-5-17)38-23(42)13-27(3,44)29(32,33)34/h8,11-12,14-18,24-25,44H,4-7,9-10,13H2,1-3H3,(H,38,42)(H,39,43)/t24?,25-,27+/m0/s1. The number of halogens is 5. The summed E-state index contributed by atoms with van der Waals surface area (Å²) >= 11 is 0. The summed E-state index contributed by atoms with van der Waals surface area (Å²) in [6.07, 6.45) is -0.292. The number of aromatic nitrogens is 5. The summed E-state index contributed by atoms with van der Waals surface area (Å²) in [7, 11) is 0. The summed E-state index contributed by atoms with van der Waals surface area (Å²) in [6.45, 7) is 4.31. The van der Waals surface area contributed by atoms with Gasteiger partial charge >= 0.3 is 6.18 Å². The molecule has 2 aliphatic carbocycles. The molecule has 2 aliphatic rings. The van der Waals surface area contributed by atoms with Crippen molar-refractivity contribution in [2.75, 3.05) is 0 Å². The molecule has 10 nitrogen and oxygen atoms in total. The number of alkyl halides is 5. The fraction of sp³-hybridized carbons (Fsp3) is 0.621. The van der Waals surface area contributed by atoms with Crippen molar-refractivity contribution in [1.29, 1.82) is 0 Å². The molecule has 0 saturated heterocycles. The molecule has 2 amide bonds. The van der Waals surface area contributed by atoms with Gasteiger partial charge in [0.15, 0.2) is 11.2 Å². The van der Waals surface area contributed by atoms with E-state index in [2.05, 4.69) is 25.8 Å². The number of aliphatic hydroxyl groups is 1. The van der Waals surface area contributed by atoms with Crippen molar-refractivity contribution < 1.29 is 36.6 Å². The Bertz CT molecular complexity index is 1500. The number of rotatable bonds is 10. The number of hydrogen-bond acceptors (Lipinski definition) is 6. The first-order chi connectivity index (χ1) is 20.5. The molecule has 5 rings (SSSR count). The molecule has 240 valence electrons. The molecule has 0 aromatic carbocycles. The van der Waals surface area contributed by atoms with Gasteiger partial charge in [-0.05, 0) is 76.0 Å². The van der Waals surface area contributed by atoms with Gasteiger partial charge < -0.3 is 15.7 Å². The molecule has 0 radical (unpaired) electrons. The van der Waals surface area contributed by atoms with Crippen LogP contribution >= 0.6 is 0 Å². The van der Waals surface area contributed by atoms with E-state index < -0.39 is 48.0 Å². The van der Waals surface area contributed by atoms with Gasteiger partial charge in [0.05, 0.1) is 36.6 Å². The van der Waals surface area contributed by atoms with Crippen LogP contribution in [0.1, 0.15) is 106 Å². The first-order valence-electron chi connectivity index (χ1n) is 14.7. The highest BCUT2D eigenvalue weighted by molar-refractivity contribution is 5.92. The zero-order chi connectivity index (χ0) is 32.0. The average molecular weight is 626 g/mol. The highest BCUT2D eigenvalue weighted by atomic mass is 19.4. The number of nitrogens with zero attached hydrogens (tertiary/aromatic N) is 5. The predicted molar refractivity (Wildman–Crippen MR) is 148 cm³/mol. The second-order valence-corrected chi connectivity index (χ2v) is 12.5. The van der Waals surface area contributed by atoms with Crippen LogP contribution in [-0.2, 0) is 4.79 Å². The van der Waals surface area contributed by atoms with Gasteiger partial charge in [0.2, 0.25) is 11.8 Å². The second kappa shape index (κ2) is 11.7. The van der Waals surface area contributed by atoms with E-state index in [0.717, 1.165) is 12.8 Å². The molecule has 44 heavy (non-hydrogen) atoms. The predicted octanol–water partition coefficient (Wildman–Crippen LogP) is 5.07. The largest absolute Gasteiger partial charge is 0.417 e. The Labute approximate surface area is 250 Å². The monoisotopic (exact) mass is 625 g/mol. The number of carbonyl (C=O) groups excluding carboxylic acids is 2. The summed E-state index contributed by atoms with van der Waals surface area (Å²) in [4.78, 5) is 30.6. The molecule has 0 bridgehead atoms. The number of imidazole rings is 1. The lowest BCUT2D eigenvalue weighted by Gasteiger charge is -2.33. The van der Waals surface area contributed by atoms with Crippen LogP contribution in [0.15, 0.2) is 30.7 Å². The molecular weight excluding hydrogens is 589 g/mol. The summed E-state index contributed by atoms with van der Waals surface area (Å²) in [6, 6.07) is 1.80. The molecule has 3 N–H and O–H groups in total. The number of hydrogen-bond donors (Lipinski definition) is 3. The average Bonchev–Trinajstić information content (AvgIpc) is 3.47. The molecule has 3 atom stereocenters. The highest BCUT2D eigenvalue weighted by Gasteiger charge is 2.51. The minimum Gasteiger partial charge on any atom is -0.380 e. The maximum Gasteiger partial charge on any atom is 0.417 e. The summed E-state index contributed by atoms with van der Waals surface area (Å²) in [5.41, 5.74) is -1.56. The Morgan fingerprint density at radius 1 is 1.07 bits per heavy atom. The smallest absolute Gasteiger partial charge is 0.380 e. The number of carbonyl (C=O) groups is 2. The molecule has 3 aromatic rings. The topological polar surface area (TPSA) is 126 Å². The van der Waals surface area contributed by atoms with Crippen LogP contribution in [0.2, 0.25) is 0 Å². The maximum absolute atomic E-state index is 14.0. The Hall–Kier alpha value is -3.62. The first kappa shape index (κ1) is 31.8. The van der Waals surface area contributed by atoms with Crippen LogP contribution in [0.3, 0.4) is 0 Å². The van der Waals surface area contributed by atoms with Gasteiger partial charge in [0.25, 0.3) is 5.91 Å². The minimum atomic E-state index is -4.97. The summed E-state index contributed by atoms with van der Waals surface area (Å²) in [5, 5.41) is 24.0. The van der Waals surface area contributed by atoms with Crippen molar-refractivity contribution in [3.63, 3.8) is 0 Å². The van der Waals surface area contributed by atoms with Crippen LogP contribution in [0.25, 0.3) is 5.65 Å². The van der Waals surface area contributed by atoms with Gasteiger partial charge in [-0.25, -0.2) is 18.3 Å². The van der Waals surface area contributed by atoms with Crippen molar-refractivity contribution in [2.24, 2.45) is 11.8 Å². The Balaban J connectivity index is 1.41. The maximum atomic E-state index is 14.0. The van der Waals surface area contributed by atoms with E-state index in [9.17, 15) is 36.6 Å². The number of fused-ring (bicyclic) bond motifs is 1. The lowest BCUT2D eigenvalue weighted by molar-refractivity contribution is -0.253. The van der Waals surface area contributed by atoms with Gasteiger partial charge in [0.1, 0.15) is 5.69 Å². The second-order valence-electron chi connectivity index (χ2n) is 12.5. The fourth-order valence-corrected chi connectivity index (χ4v) is 5.72. The highest BCUT2D eigenvalue weighted by Crippen LogP contribution is 2.43. The van der Waals surface area contributed by atoms with E-state index in [-0.39, 0.29) is 43.6 Å². The van der Waals surface area contributed by atoms with E-state index in [0.29, 0.717) is 29.5 Å². The third-order valence-corrected chi connectivity index (χ3v) is 8.47. The summed E-state index contributed by atoms with van der Waals surface area (Å²) in [5.74, 6) is -4.48. The van der Waals surface area contributed by atoms with Gasteiger partial charge in [-0.1, -0.05) is 0 Å². The van der Waals surface area contributed by atoms with Crippen molar-refractivity contribution in [3.8, 4) is 0 Å². The number of amides is 2. The van der Waals surface area contributed by atoms with Crippen LogP contribution in [0, 0.1) is 11.8 Å². The van der Waals surface area contributed by atoms with Gasteiger partial charge in [-0.15, -0.1) is 0 Å². The molecule has 3 heterocycles. The molecule has 2 saturated carbocycles. The van der Waals surface area contributed by atoms with Crippen LogP contribution < -0.4 is 10.6 Å². The summed E-state index contributed by atoms with van der Waals surface area (Å²) < 4.78 is 70.5. The van der Waals surface area contributed by atoms with E-state index in [1.165, 1.54) is 16.9 Å². The first-order valence-corrected chi connectivity index (χ1v) is 14.7. The van der Waals surface area contributed by atoms with Crippen molar-refractivity contribution >= 4 is 17.5 Å². The third kappa shape index (κ3) is 6.87. The van der Waals surface area contributed by atoms with Gasteiger partial charge in [0, 0.05) is 25.1 Å². The van der Waals surface area contributed by atoms with Gasteiger partial charge in [-0.2, -0.15) is 23.4 Å². The number of nitrogens with one attached hydrogen (secondary N) is 2. The normalized spacial score (nSPS) is 20.3. The molecule has 2 fully saturated rings. The quantitative estimate of drug-likeness (QED) is 0.270. The van der Waals surface area contributed by atoms with Crippen molar-refractivity contribution in [1.82, 2.24) is 35.0 Å². The SMILES string of the molecule is CC(C)n1nccc1C(=O)N[C@H](c1cn2ncc(C(NC(=O)C[C@@](C)(O)C(F)(F)F)C3CC3)cc2n1)C1CCC(F)(F)CC1.